The number of anilines is 1. The van der Waals surface area contributed by atoms with Crippen molar-refractivity contribution in [2.45, 2.75) is 13.1 Å². The lowest BCUT2D eigenvalue weighted by Crippen LogP contribution is -2.23. The summed E-state index contributed by atoms with van der Waals surface area (Å²) < 4.78 is 0. The fourth-order valence-electron chi connectivity index (χ4n) is 4.53. The van der Waals surface area contributed by atoms with Crippen LogP contribution in [0.1, 0.15) is 11.4 Å². The van der Waals surface area contributed by atoms with E-state index < -0.39 is 0 Å². The maximum atomic E-state index is 4.56. The molecule has 0 N–H and O–H groups in total. The van der Waals surface area contributed by atoms with Gasteiger partial charge in [0.2, 0.25) is 0 Å². The van der Waals surface area contributed by atoms with Gasteiger partial charge in [0.25, 0.3) is 0 Å². The van der Waals surface area contributed by atoms with E-state index in [0.717, 1.165) is 24.5 Å². The minimum atomic E-state index is 0.727. The zero-order valence-corrected chi connectivity index (χ0v) is 17.1. The quantitative estimate of drug-likeness (QED) is 0.307. The molecule has 3 heteroatoms. The van der Waals surface area contributed by atoms with E-state index in [9.17, 15) is 0 Å². The summed E-state index contributed by atoms with van der Waals surface area (Å²) in [5, 5.41) is 7.82. The second-order valence-electron chi connectivity index (χ2n) is 7.98. The highest BCUT2D eigenvalue weighted by Gasteiger charge is 2.14. The highest BCUT2D eigenvalue weighted by atomic mass is 15.1. The topological polar surface area (TPSA) is 29.0 Å². The molecular formula is C28H21N3. The monoisotopic (exact) mass is 399 g/mol. The molecule has 0 aliphatic heterocycles. The van der Waals surface area contributed by atoms with E-state index >= 15 is 0 Å². The van der Waals surface area contributed by atoms with Crippen LogP contribution in [0.2, 0.25) is 0 Å². The van der Waals surface area contributed by atoms with Crippen LogP contribution in [0.25, 0.3) is 32.3 Å². The van der Waals surface area contributed by atoms with Crippen molar-refractivity contribution in [3.8, 4) is 0 Å². The second-order valence-corrected chi connectivity index (χ2v) is 7.98. The number of aromatic nitrogens is 2. The van der Waals surface area contributed by atoms with Gasteiger partial charge in [-0.3, -0.25) is 9.97 Å². The number of benzene rings is 4. The Morgan fingerprint density at radius 2 is 1.03 bits per heavy atom. The van der Waals surface area contributed by atoms with Crippen molar-refractivity contribution >= 4 is 38.0 Å². The maximum Gasteiger partial charge on any atom is 0.0606 e. The molecule has 3 nitrogen and oxygen atoms in total. The summed E-state index contributed by atoms with van der Waals surface area (Å²) in [6.45, 7) is 1.45. The Bertz CT molecular complexity index is 1370. The van der Waals surface area contributed by atoms with Gasteiger partial charge in [-0.05, 0) is 68.7 Å². The fraction of sp³-hybridized carbons (Fsp3) is 0.0714. The fourth-order valence-corrected chi connectivity index (χ4v) is 4.53. The van der Waals surface area contributed by atoms with Gasteiger partial charge >= 0.3 is 0 Å². The number of hydrogen-bond donors (Lipinski definition) is 0. The van der Waals surface area contributed by atoms with Crippen LogP contribution in [0.15, 0.2) is 103 Å². The third-order valence-electron chi connectivity index (χ3n) is 5.97. The molecule has 0 aliphatic rings. The molecule has 0 radical (unpaired) electrons. The van der Waals surface area contributed by atoms with Crippen LogP contribution in [0.3, 0.4) is 0 Å². The normalized spacial score (nSPS) is 11.5. The van der Waals surface area contributed by atoms with Crippen LogP contribution in [-0.2, 0) is 13.1 Å². The SMILES string of the molecule is c1ccc(CN(Cc2ccccn2)c2cc3ccc4cccc5ccc(c2)c3c45)nc1. The Balaban J connectivity index is 1.51. The van der Waals surface area contributed by atoms with Crippen molar-refractivity contribution in [2.75, 3.05) is 4.90 Å². The van der Waals surface area contributed by atoms with Gasteiger partial charge in [0.15, 0.2) is 0 Å². The lowest BCUT2D eigenvalue weighted by Gasteiger charge is -2.25. The van der Waals surface area contributed by atoms with E-state index in [2.05, 4.69) is 81.6 Å². The summed E-state index contributed by atoms with van der Waals surface area (Å²) in [5.41, 5.74) is 3.27. The highest BCUT2D eigenvalue weighted by Crippen LogP contribution is 2.37. The van der Waals surface area contributed by atoms with Gasteiger partial charge < -0.3 is 4.90 Å². The van der Waals surface area contributed by atoms with Crippen LogP contribution >= 0.6 is 0 Å². The van der Waals surface area contributed by atoms with E-state index in [1.165, 1.54) is 38.0 Å². The standard InChI is InChI=1S/C28H21N3/c1-3-14-29-24(8-1)18-31(19-25-9-2-4-15-30-25)26-16-22-12-10-20-6-5-7-21-11-13-23(17-26)28(22)27(20)21/h1-17H,18-19H2. The summed E-state index contributed by atoms with van der Waals surface area (Å²) in [7, 11) is 0. The number of pyridine rings is 2. The van der Waals surface area contributed by atoms with E-state index in [4.69, 9.17) is 0 Å². The minimum absolute atomic E-state index is 0.727. The number of nitrogens with zero attached hydrogens (tertiary/aromatic N) is 3. The lowest BCUT2D eigenvalue weighted by molar-refractivity contribution is 0.766. The molecule has 0 bridgehead atoms. The minimum Gasteiger partial charge on any atom is -0.360 e. The van der Waals surface area contributed by atoms with Crippen molar-refractivity contribution < 1.29 is 0 Å². The van der Waals surface area contributed by atoms with Gasteiger partial charge in [0.1, 0.15) is 0 Å². The van der Waals surface area contributed by atoms with Crippen LogP contribution in [0.4, 0.5) is 5.69 Å². The molecular weight excluding hydrogens is 378 g/mol. The molecule has 2 aromatic heterocycles. The van der Waals surface area contributed by atoms with Crippen molar-refractivity contribution in [1.29, 1.82) is 0 Å². The summed E-state index contributed by atoms with van der Waals surface area (Å²) in [4.78, 5) is 11.5. The van der Waals surface area contributed by atoms with Crippen LogP contribution < -0.4 is 4.90 Å². The van der Waals surface area contributed by atoms with Gasteiger partial charge in [-0.15, -0.1) is 0 Å². The highest BCUT2D eigenvalue weighted by molar-refractivity contribution is 6.23. The van der Waals surface area contributed by atoms with E-state index in [1.807, 2.05) is 36.7 Å². The van der Waals surface area contributed by atoms with E-state index in [0.29, 0.717) is 0 Å². The molecule has 0 atom stereocenters. The molecule has 2 heterocycles. The first-order chi connectivity index (χ1) is 15.3. The van der Waals surface area contributed by atoms with Gasteiger partial charge in [-0.25, -0.2) is 0 Å². The molecule has 31 heavy (non-hydrogen) atoms. The molecule has 4 aromatic carbocycles. The Kier molecular flexibility index (Phi) is 4.24. The first-order valence-corrected chi connectivity index (χ1v) is 10.6. The summed E-state index contributed by atoms with van der Waals surface area (Å²) in [6.07, 6.45) is 3.71. The van der Waals surface area contributed by atoms with Crippen molar-refractivity contribution in [3.63, 3.8) is 0 Å². The summed E-state index contributed by atoms with van der Waals surface area (Å²) >= 11 is 0. The molecule has 0 saturated heterocycles. The third kappa shape index (κ3) is 3.24. The summed E-state index contributed by atoms with van der Waals surface area (Å²) in [5.74, 6) is 0. The van der Waals surface area contributed by atoms with Crippen molar-refractivity contribution in [2.24, 2.45) is 0 Å². The van der Waals surface area contributed by atoms with Crippen LogP contribution in [0, 0.1) is 0 Å². The van der Waals surface area contributed by atoms with E-state index in [-0.39, 0.29) is 0 Å². The smallest absolute Gasteiger partial charge is 0.0606 e. The van der Waals surface area contributed by atoms with Gasteiger partial charge in [-0.2, -0.15) is 0 Å². The lowest BCUT2D eigenvalue weighted by atomic mass is 9.94. The Morgan fingerprint density at radius 3 is 1.55 bits per heavy atom. The molecule has 0 unspecified atom stereocenters. The molecule has 0 saturated carbocycles. The predicted molar refractivity (Wildman–Crippen MR) is 129 cm³/mol. The van der Waals surface area contributed by atoms with Gasteiger partial charge in [0.05, 0.1) is 24.5 Å². The Labute approximate surface area is 180 Å². The molecule has 0 spiro atoms. The van der Waals surface area contributed by atoms with E-state index in [1.54, 1.807) is 0 Å². The summed E-state index contributed by atoms with van der Waals surface area (Å²) in [6, 6.07) is 32.3. The Hall–Kier alpha value is -3.98. The third-order valence-corrected chi connectivity index (χ3v) is 5.97. The first-order valence-electron chi connectivity index (χ1n) is 10.6. The molecule has 0 aliphatic carbocycles. The molecule has 148 valence electrons. The van der Waals surface area contributed by atoms with Gasteiger partial charge in [0, 0.05) is 18.1 Å². The largest absolute Gasteiger partial charge is 0.360 e. The number of hydrogen-bond acceptors (Lipinski definition) is 3. The van der Waals surface area contributed by atoms with Crippen molar-refractivity contribution in [1.82, 2.24) is 9.97 Å². The molecule has 6 rings (SSSR count). The van der Waals surface area contributed by atoms with Crippen molar-refractivity contribution in [3.05, 3.63) is 115 Å². The zero-order chi connectivity index (χ0) is 20.6. The van der Waals surface area contributed by atoms with Gasteiger partial charge in [-0.1, -0.05) is 54.6 Å². The predicted octanol–water partition coefficient (Wildman–Crippen LogP) is 6.58. The van der Waals surface area contributed by atoms with Crippen LogP contribution in [0.5, 0.6) is 0 Å². The molecule has 0 amide bonds. The maximum absolute atomic E-state index is 4.56. The first kappa shape index (κ1) is 17.8. The average molecular weight is 399 g/mol. The molecule has 0 fully saturated rings. The molecule has 6 aromatic rings. The number of rotatable bonds is 5. The Morgan fingerprint density at radius 1 is 0.516 bits per heavy atom. The zero-order valence-electron chi connectivity index (χ0n) is 17.1. The average Bonchev–Trinajstić information content (AvgIpc) is 2.83. The second kappa shape index (κ2) is 7.37. The van der Waals surface area contributed by atoms with Crippen LogP contribution in [-0.4, -0.2) is 9.97 Å².